The maximum atomic E-state index is 12.0. The van der Waals surface area contributed by atoms with E-state index in [-0.39, 0.29) is 17.7 Å². The normalized spacial score (nSPS) is 19.4. The summed E-state index contributed by atoms with van der Waals surface area (Å²) in [5.41, 5.74) is 0.432. The van der Waals surface area contributed by atoms with E-state index in [4.69, 9.17) is 0 Å². The maximum absolute atomic E-state index is 12.0. The number of alkyl halides is 3. The standard InChI is InChI=1S/C12H13F3N2O2S/c13-12(14,15)19-9-3-1-8(2-4-9)17-11(18)10-7-20-6-5-16-10/h1-4,10,16H,5-7H2,(H,17,18). The Bertz CT molecular complexity index is 459. The first-order valence-corrected chi connectivity index (χ1v) is 7.07. The molecule has 1 aliphatic heterocycles. The Kier molecular flexibility index (Phi) is 4.77. The van der Waals surface area contributed by atoms with E-state index in [9.17, 15) is 18.0 Å². The number of carbonyl (C=O) groups excluding carboxylic acids is 1. The van der Waals surface area contributed by atoms with Crippen LogP contribution in [0.5, 0.6) is 5.75 Å². The lowest BCUT2D eigenvalue weighted by molar-refractivity contribution is -0.274. The number of hydrogen-bond donors (Lipinski definition) is 2. The molecule has 0 aliphatic carbocycles. The molecule has 4 nitrogen and oxygen atoms in total. The minimum atomic E-state index is -4.71. The second-order valence-corrected chi connectivity index (χ2v) is 5.29. The van der Waals surface area contributed by atoms with Gasteiger partial charge in [0.2, 0.25) is 5.91 Å². The van der Waals surface area contributed by atoms with E-state index < -0.39 is 6.36 Å². The number of halogens is 3. The minimum absolute atomic E-state index is 0.193. The zero-order chi connectivity index (χ0) is 14.6. The number of benzene rings is 1. The third-order valence-corrected chi connectivity index (χ3v) is 3.66. The van der Waals surface area contributed by atoms with Crippen molar-refractivity contribution in [3.63, 3.8) is 0 Å². The van der Waals surface area contributed by atoms with Crippen LogP contribution in [-0.2, 0) is 4.79 Å². The van der Waals surface area contributed by atoms with Gasteiger partial charge in [-0.1, -0.05) is 0 Å². The highest BCUT2D eigenvalue weighted by molar-refractivity contribution is 7.99. The summed E-state index contributed by atoms with van der Waals surface area (Å²) in [7, 11) is 0. The van der Waals surface area contributed by atoms with Gasteiger partial charge in [0.1, 0.15) is 5.75 Å². The summed E-state index contributed by atoms with van der Waals surface area (Å²) in [6.45, 7) is 0.765. The first kappa shape index (κ1) is 15.0. The van der Waals surface area contributed by atoms with Crippen molar-refractivity contribution in [2.24, 2.45) is 0 Å². The van der Waals surface area contributed by atoms with E-state index in [0.717, 1.165) is 24.4 Å². The van der Waals surface area contributed by atoms with Crippen molar-refractivity contribution in [3.05, 3.63) is 24.3 Å². The molecule has 1 aromatic carbocycles. The molecule has 1 aliphatic rings. The lowest BCUT2D eigenvalue weighted by atomic mass is 10.2. The van der Waals surface area contributed by atoms with Crippen LogP contribution >= 0.6 is 11.8 Å². The van der Waals surface area contributed by atoms with E-state index in [1.165, 1.54) is 12.1 Å². The molecular formula is C12H13F3N2O2S. The van der Waals surface area contributed by atoms with Crippen LogP contribution in [0.2, 0.25) is 0 Å². The second kappa shape index (κ2) is 6.36. The molecule has 0 spiro atoms. The molecule has 1 aromatic rings. The smallest absolute Gasteiger partial charge is 0.406 e. The maximum Gasteiger partial charge on any atom is 0.573 e. The number of hydrogen-bond acceptors (Lipinski definition) is 4. The molecule has 0 radical (unpaired) electrons. The molecule has 1 saturated heterocycles. The predicted molar refractivity (Wildman–Crippen MR) is 70.9 cm³/mol. The summed E-state index contributed by atoms with van der Waals surface area (Å²) >= 11 is 1.68. The van der Waals surface area contributed by atoms with Crippen LogP contribution < -0.4 is 15.4 Å². The van der Waals surface area contributed by atoms with Gasteiger partial charge in [-0.05, 0) is 24.3 Å². The van der Waals surface area contributed by atoms with Crippen molar-refractivity contribution < 1.29 is 22.7 Å². The first-order chi connectivity index (χ1) is 9.44. The summed E-state index contributed by atoms with van der Waals surface area (Å²) in [6, 6.07) is 4.78. The second-order valence-electron chi connectivity index (χ2n) is 4.14. The third kappa shape index (κ3) is 4.61. The molecule has 1 fully saturated rings. The zero-order valence-corrected chi connectivity index (χ0v) is 11.2. The molecule has 1 heterocycles. The Hall–Kier alpha value is -1.41. The van der Waals surface area contributed by atoms with Gasteiger partial charge in [-0.25, -0.2) is 0 Å². The molecule has 2 rings (SSSR count). The Labute approximate surface area is 118 Å². The highest BCUT2D eigenvalue weighted by atomic mass is 32.2. The van der Waals surface area contributed by atoms with Crippen LogP contribution in [0, 0.1) is 0 Å². The molecule has 8 heteroatoms. The molecular weight excluding hydrogens is 293 g/mol. The number of nitrogens with one attached hydrogen (secondary N) is 2. The fraction of sp³-hybridized carbons (Fsp3) is 0.417. The van der Waals surface area contributed by atoms with Crippen molar-refractivity contribution in [3.8, 4) is 5.75 Å². The predicted octanol–water partition coefficient (Wildman–Crippen LogP) is 2.23. The van der Waals surface area contributed by atoms with Gasteiger partial charge < -0.3 is 15.4 Å². The summed E-state index contributed by atoms with van der Waals surface area (Å²) in [5, 5.41) is 5.73. The van der Waals surface area contributed by atoms with Crippen LogP contribution in [0.3, 0.4) is 0 Å². The molecule has 2 N–H and O–H groups in total. The number of ether oxygens (including phenoxy) is 1. The van der Waals surface area contributed by atoms with E-state index in [1.807, 2.05) is 0 Å². The van der Waals surface area contributed by atoms with Crippen LogP contribution in [0.25, 0.3) is 0 Å². The van der Waals surface area contributed by atoms with Crippen molar-refractivity contribution in [2.45, 2.75) is 12.4 Å². The number of anilines is 1. The fourth-order valence-corrected chi connectivity index (χ4v) is 2.64. The molecule has 0 saturated carbocycles. The SMILES string of the molecule is O=C(Nc1ccc(OC(F)(F)F)cc1)C1CSCCN1. The fourth-order valence-electron chi connectivity index (χ4n) is 1.70. The Morgan fingerprint density at radius 2 is 2.05 bits per heavy atom. The summed E-state index contributed by atoms with van der Waals surface area (Å²) < 4.78 is 39.7. The van der Waals surface area contributed by atoms with Crippen molar-refractivity contribution in [2.75, 3.05) is 23.4 Å². The van der Waals surface area contributed by atoms with Crippen LogP contribution in [0.4, 0.5) is 18.9 Å². The van der Waals surface area contributed by atoms with Crippen LogP contribution in [-0.4, -0.2) is 36.4 Å². The molecule has 0 bridgehead atoms. The molecule has 0 aromatic heterocycles. The lowest BCUT2D eigenvalue weighted by Crippen LogP contribution is -2.46. The van der Waals surface area contributed by atoms with E-state index in [1.54, 1.807) is 11.8 Å². The van der Waals surface area contributed by atoms with Gasteiger partial charge in [-0.3, -0.25) is 4.79 Å². The average molecular weight is 306 g/mol. The molecule has 1 atom stereocenters. The van der Waals surface area contributed by atoms with Gasteiger partial charge in [0.25, 0.3) is 0 Å². The summed E-state index contributed by atoms with van der Waals surface area (Å²) in [4.78, 5) is 11.9. The van der Waals surface area contributed by atoms with Gasteiger partial charge in [0.05, 0.1) is 6.04 Å². The number of thioether (sulfide) groups is 1. The molecule has 1 amide bonds. The number of amides is 1. The Balaban J connectivity index is 1.91. The molecule has 1 unspecified atom stereocenters. The van der Waals surface area contributed by atoms with Crippen LogP contribution in [0.1, 0.15) is 0 Å². The number of carbonyl (C=O) groups is 1. The van der Waals surface area contributed by atoms with Crippen molar-refractivity contribution in [1.29, 1.82) is 0 Å². The summed E-state index contributed by atoms with van der Waals surface area (Å²) in [5.74, 6) is 1.14. The van der Waals surface area contributed by atoms with Gasteiger partial charge in [-0.2, -0.15) is 11.8 Å². The molecule has 20 heavy (non-hydrogen) atoms. The topological polar surface area (TPSA) is 50.4 Å². The van der Waals surface area contributed by atoms with E-state index in [0.29, 0.717) is 11.4 Å². The third-order valence-electron chi connectivity index (χ3n) is 2.59. The van der Waals surface area contributed by atoms with Gasteiger partial charge in [-0.15, -0.1) is 13.2 Å². The van der Waals surface area contributed by atoms with Gasteiger partial charge in [0.15, 0.2) is 0 Å². The summed E-state index contributed by atoms with van der Waals surface area (Å²) in [6.07, 6.45) is -4.71. The highest BCUT2D eigenvalue weighted by Gasteiger charge is 2.31. The van der Waals surface area contributed by atoms with Crippen LogP contribution in [0.15, 0.2) is 24.3 Å². The first-order valence-electron chi connectivity index (χ1n) is 5.92. The molecule has 110 valence electrons. The van der Waals surface area contributed by atoms with Crippen molar-refractivity contribution >= 4 is 23.4 Å². The number of rotatable bonds is 3. The van der Waals surface area contributed by atoms with Crippen molar-refractivity contribution in [1.82, 2.24) is 5.32 Å². The zero-order valence-electron chi connectivity index (χ0n) is 10.4. The Morgan fingerprint density at radius 1 is 1.35 bits per heavy atom. The monoisotopic (exact) mass is 306 g/mol. The average Bonchev–Trinajstić information content (AvgIpc) is 2.40. The van der Waals surface area contributed by atoms with Gasteiger partial charge >= 0.3 is 6.36 Å². The quantitative estimate of drug-likeness (QED) is 0.899. The van der Waals surface area contributed by atoms with E-state index in [2.05, 4.69) is 15.4 Å². The highest BCUT2D eigenvalue weighted by Crippen LogP contribution is 2.24. The largest absolute Gasteiger partial charge is 0.573 e. The lowest BCUT2D eigenvalue weighted by Gasteiger charge is -2.22. The minimum Gasteiger partial charge on any atom is -0.406 e. The van der Waals surface area contributed by atoms with Gasteiger partial charge in [0, 0.05) is 23.7 Å². The Morgan fingerprint density at radius 3 is 2.60 bits per heavy atom. The van der Waals surface area contributed by atoms with E-state index >= 15 is 0 Å².